The van der Waals surface area contributed by atoms with Gasteiger partial charge in [0.25, 0.3) is 0 Å². The third-order valence-electron chi connectivity index (χ3n) is 1.42. The molecule has 5 nitrogen and oxygen atoms in total. The van der Waals surface area contributed by atoms with E-state index in [0.717, 1.165) is 0 Å². The van der Waals surface area contributed by atoms with Crippen LogP contribution in [0.4, 0.5) is 11.5 Å². The van der Waals surface area contributed by atoms with Crippen LogP contribution in [0, 0.1) is 5.21 Å². The molecule has 70 valence electrons. The average molecular weight is 180 g/mol. The molecule has 1 amide bonds. The molecule has 5 heteroatoms. The highest BCUT2D eigenvalue weighted by Gasteiger charge is 1.96. The van der Waals surface area contributed by atoms with E-state index in [-0.39, 0.29) is 5.91 Å². The number of amides is 1. The first-order valence-electron chi connectivity index (χ1n) is 3.74. The Morgan fingerprint density at radius 2 is 2.31 bits per heavy atom. The summed E-state index contributed by atoms with van der Waals surface area (Å²) in [6, 6.07) is 3.16. The van der Waals surface area contributed by atoms with Crippen molar-refractivity contribution in [3.8, 4) is 0 Å². The van der Waals surface area contributed by atoms with Gasteiger partial charge in [-0.1, -0.05) is 0 Å². The standard InChI is InChI=1S/C8H10N3O2/c1-6(12)10-8-4-3-7(5-9-8)11(2)13/h3-5H,1-2H3,(H,9,10,12)/q-1. The van der Waals surface area contributed by atoms with Crippen LogP contribution in [0.3, 0.4) is 0 Å². The van der Waals surface area contributed by atoms with Crippen molar-refractivity contribution in [1.29, 1.82) is 0 Å². The van der Waals surface area contributed by atoms with Crippen molar-refractivity contribution in [2.75, 3.05) is 17.4 Å². The quantitative estimate of drug-likeness (QED) is 0.688. The SMILES string of the molecule is CC(=O)Nc1ccc(N(C)[O-])cn1. The topological polar surface area (TPSA) is 68.3 Å². The molecular formula is C8H10N3O2-. The van der Waals surface area contributed by atoms with Gasteiger partial charge >= 0.3 is 0 Å². The van der Waals surface area contributed by atoms with Crippen LogP contribution in [-0.2, 0) is 4.79 Å². The van der Waals surface area contributed by atoms with Crippen LogP contribution in [0.25, 0.3) is 0 Å². The molecular weight excluding hydrogens is 170 g/mol. The maximum Gasteiger partial charge on any atom is 0.222 e. The van der Waals surface area contributed by atoms with Crippen molar-refractivity contribution < 1.29 is 4.79 Å². The number of nitrogens with zero attached hydrogens (tertiary/aromatic N) is 2. The molecule has 0 unspecified atom stereocenters. The van der Waals surface area contributed by atoms with Crippen molar-refractivity contribution in [1.82, 2.24) is 4.98 Å². The number of anilines is 2. The highest BCUT2D eigenvalue weighted by atomic mass is 16.5. The van der Waals surface area contributed by atoms with Gasteiger partial charge in [-0.25, -0.2) is 4.98 Å². The Labute approximate surface area is 76.0 Å². The Kier molecular flexibility index (Phi) is 2.81. The first-order valence-corrected chi connectivity index (χ1v) is 3.74. The van der Waals surface area contributed by atoms with Crippen molar-refractivity contribution in [3.05, 3.63) is 23.5 Å². The minimum absolute atomic E-state index is 0.185. The summed E-state index contributed by atoms with van der Waals surface area (Å²) in [7, 11) is 1.38. The highest BCUT2D eigenvalue weighted by molar-refractivity contribution is 5.87. The van der Waals surface area contributed by atoms with Crippen LogP contribution in [0.15, 0.2) is 18.3 Å². The predicted octanol–water partition coefficient (Wildman–Crippen LogP) is 0.974. The average Bonchev–Trinajstić information content (AvgIpc) is 2.04. The molecule has 1 aromatic heterocycles. The third-order valence-corrected chi connectivity index (χ3v) is 1.42. The summed E-state index contributed by atoms with van der Waals surface area (Å²) in [5, 5.41) is 14.0. The smallest absolute Gasteiger partial charge is 0.222 e. The van der Waals surface area contributed by atoms with Gasteiger partial charge in [0.1, 0.15) is 5.82 Å². The molecule has 0 spiro atoms. The number of hydrogen-bond donors (Lipinski definition) is 1. The first-order chi connectivity index (χ1) is 6.09. The molecule has 0 saturated carbocycles. The van der Waals surface area contributed by atoms with Gasteiger partial charge < -0.3 is 15.6 Å². The van der Waals surface area contributed by atoms with Crippen molar-refractivity contribution >= 4 is 17.4 Å². The fraction of sp³-hybridized carbons (Fsp3) is 0.250. The molecule has 1 heterocycles. The highest BCUT2D eigenvalue weighted by Crippen LogP contribution is 2.12. The van der Waals surface area contributed by atoms with Crippen LogP contribution in [0.5, 0.6) is 0 Å². The normalized spacial score (nSPS) is 9.46. The summed E-state index contributed by atoms with van der Waals surface area (Å²) in [6.07, 6.45) is 1.40. The lowest BCUT2D eigenvalue weighted by atomic mass is 10.4. The number of pyridine rings is 1. The summed E-state index contributed by atoms with van der Waals surface area (Å²) >= 11 is 0. The van der Waals surface area contributed by atoms with Gasteiger partial charge in [-0.3, -0.25) is 4.79 Å². The lowest BCUT2D eigenvalue weighted by molar-refractivity contribution is -0.114. The van der Waals surface area contributed by atoms with Gasteiger partial charge in [0.2, 0.25) is 5.91 Å². The maximum atomic E-state index is 10.8. The molecule has 0 aromatic carbocycles. The predicted molar refractivity (Wildman–Crippen MR) is 50.3 cm³/mol. The fourth-order valence-electron chi connectivity index (χ4n) is 0.827. The van der Waals surface area contributed by atoms with E-state index in [4.69, 9.17) is 0 Å². The second kappa shape index (κ2) is 3.86. The molecule has 0 aliphatic carbocycles. The Hall–Kier alpha value is -1.62. The van der Waals surface area contributed by atoms with Gasteiger partial charge in [0.15, 0.2) is 0 Å². The number of hydroxylamine groups is 1. The second-order valence-corrected chi connectivity index (χ2v) is 2.58. The summed E-state index contributed by atoms with van der Waals surface area (Å²) in [4.78, 5) is 14.5. The molecule has 13 heavy (non-hydrogen) atoms. The molecule has 0 saturated heterocycles. The number of nitrogens with one attached hydrogen (secondary N) is 1. The molecule has 0 fully saturated rings. The third kappa shape index (κ3) is 2.72. The Morgan fingerprint density at radius 1 is 1.62 bits per heavy atom. The van der Waals surface area contributed by atoms with E-state index >= 15 is 0 Å². The van der Waals surface area contributed by atoms with Gasteiger partial charge in [-0.15, -0.1) is 0 Å². The minimum atomic E-state index is -0.185. The number of rotatable bonds is 2. The molecule has 0 aliphatic rings. The zero-order valence-corrected chi connectivity index (χ0v) is 7.44. The van der Waals surface area contributed by atoms with E-state index in [1.807, 2.05) is 0 Å². The zero-order valence-electron chi connectivity index (χ0n) is 7.44. The summed E-state index contributed by atoms with van der Waals surface area (Å²) < 4.78 is 0. The van der Waals surface area contributed by atoms with Crippen LogP contribution < -0.4 is 10.4 Å². The number of carbonyl (C=O) groups is 1. The van der Waals surface area contributed by atoms with Crippen LogP contribution >= 0.6 is 0 Å². The van der Waals surface area contributed by atoms with Gasteiger partial charge in [0, 0.05) is 12.6 Å². The van der Waals surface area contributed by atoms with Crippen molar-refractivity contribution in [3.63, 3.8) is 0 Å². The molecule has 1 rings (SSSR count). The van der Waals surface area contributed by atoms with E-state index in [0.29, 0.717) is 16.6 Å². The molecule has 1 aromatic rings. The van der Waals surface area contributed by atoms with Crippen LogP contribution in [0.1, 0.15) is 6.92 Å². The molecule has 0 aliphatic heterocycles. The van der Waals surface area contributed by atoms with Gasteiger partial charge in [-0.05, 0) is 19.2 Å². The Morgan fingerprint density at radius 3 is 2.69 bits per heavy atom. The van der Waals surface area contributed by atoms with E-state index in [9.17, 15) is 10.0 Å². The van der Waals surface area contributed by atoms with E-state index in [2.05, 4.69) is 10.3 Å². The van der Waals surface area contributed by atoms with Gasteiger partial charge in [-0.2, -0.15) is 0 Å². The summed E-state index contributed by atoms with van der Waals surface area (Å²) in [5.41, 5.74) is 0.453. The molecule has 0 bridgehead atoms. The van der Waals surface area contributed by atoms with Gasteiger partial charge in [0.05, 0.1) is 6.20 Å². The molecule has 1 N–H and O–H groups in total. The molecule has 0 radical (unpaired) electrons. The van der Waals surface area contributed by atoms with Crippen molar-refractivity contribution in [2.45, 2.75) is 6.92 Å². The number of hydrogen-bond acceptors (Lipinski definition) is 4. The second-order valence-electron chi connectivity index (χ2n) is 2.58. The minimum Gasteiger partial charge on any atom is -0.758 e. The number of aromatic nitrogens is 1. The zero-order chi connectivity index (χ0) is 9.84. The lowest BCUT2D eigenvalue weighted by Crippen LogP contribution is -2.09. The Bertz CT molecular complexity index is 295. The van der Waals surface area contributed by atoms with Crippen LogP contribution in [-0.4, -0.2) is 17.9 Å². The summed E-state index contributed by atoms with van der Waals surface area (Å²) in [6.45, 7) is 1.40. The van der Waals surface area contributed by atoms with Crippen LogP contribution in [0.2, 0.25) is 0 Å². The van der Waals surface area contributed by atoms with E-state index in [1.54, 1.807) is 12.1 Å². The first kappa shape index (κ1) is 9.47. The number of carbonyl (C=O) groups excluding carboxylic acids is 1. The maximum absolute atomic E-state index is 10.8. The summed E-state index contributed by atoms with van der Waals surface area (Å²) in [5.74, 6) is 0.258. The monoisotopic (exact) mass is 180 g/mol. The fourth-order valence-corrected chi connectivity index (χ4v) is 0.827. The van der Waals surface area contributed by atoms with E-state index in [1.165, 1.54) is 20.2 Å². The lowest BCUT2D eigenvalue weighted by Gasteiger charge is -2.24. The van der Waals surface area contributed by atoms with Crippen molar-refractivity contribution in [2.24, 2.45) is 0 Å². The Balaban J connectivity index is 2.75. The van der Waals surface area contributed by atoms with E-state index < -0.39 is 0 Å². The largest absolute Gasteiger partial charge is 0.758 e. The molecule has 0 atom stereocenters.